The number of nitrogens with zero attached hydrogens (tertiary/aromatic N) is 5. The molecule has 0 bridgehead atoms. The van der Waals surface area contributed by atoms with E-state index >= 15 is 4.39 Å². The zero-order valence-electron chi connectivity index (χ0n) is 24.3. The second-order valence-corrected chi connectivity index (χ2v) is 12.5. The number of amides is 1. The van der Waals surface area contributed by atoms with Crippen LogP contribution in [-0.2, 0) is 24.1 Å². The number of aryl methyl sites for hydroxylation is 2. The van der Waals surface area contributed by atoms with Crippen LogP contribution in [0.15, 0.2) is 59.7 Å². The number of hydrogen-bond acceptors (Lipinski definition) is 9. The number of rotatable bonds is 8. The van der Waals surface area contributed by atoms with Crippen molar-refractivity contribution in [3.8, 4) is 11.4 Å². The Kier molecular flexibility index (Phi) is 8.14. The Labute approximate surface area is 257 Å². The molecular formula is C29H28ClFN8O4S. The fourth-order valence-corrected chi connectivity index (χ4v) is 5.37. The zero-order chi connectivity index (χ0) is 31.9. The zero-order valence-corrected chi connectivity index (χ0v) is 25.9. The van der Waals surface area contributed by atoms with E-state index in [1.54, 1.807) is 56.3 Å². The molecule has 2 aromatic carbocycles. The molecule has 12 nitrogen and oxygen atoms in total. The van der Waals surface area contributed by atoms with Gasteiger partial charge in [-0.05, 0) is 55.8 Å². The largest absolute Gasteiger partial charge is 0.377 e. The molecule has 3 N–H and O–H groups in total. The highest BCUT2D eigenvalue weighted by atomic mass is 35.5. The summed E-state index contributed by atoms with van der Waals surface area (Å²) < 4.78 is 43.4. The lowest BCUT2D eigenvalue weighted by molar-refractivity contribution is 0.0977. The summed E-state index contributed by atoms with van der Waals surface area (Å²) in [6.07, 6.45) is 4.13. The lowest BCUT2D eigenvalue weighted by atomic mass is 10.0. The number of carbonyl (C=O) groups excluding carboxylic acids is 1. The van der Waals surface area contributed by atoms with Crippen LogP contribution in [-0.4, -0.2) is 44.9 Å². The van der Waals surface area contributed by atoms with Crippen LogP contribution in [0, 0.1) is 12.7 Å². The van der Waals surface area contributed by atoms with Crippen LogP contribution in [0.5, 0.6) is 0 Å². The molecule has 5 rings (SSSR count). The first-order valence-electron chi connectivity index (χ1n) is 13.2. The smallest absolute Gasteiger partial charge is 0.285 e. The van der Waals surface area contributed by atoms with Crippen molar-refractivity contribution in [2.24, 2.45) is 14.1 Å². The molecule has 44 heavy (non-hydrogen) atoms. The number of sulfonamides is 1. The molecule has 0 spiro atoms. The molecule has 0 aliphatic heterocycles. The summed E-state index contributed by atoms with van der Waals surface area (Å²) in [6, 6.07) is 10.5. The minimum atomic E-state index is -3.87. The van der Waals surface area contributed by atoms with Crippen LogP contribution in [0.2, 0.25) is 5.15 Å². The summed E-state index contributed by atoms with van der Waals surface area (Å²) in [4.78, 5) is 35.1. The maximum absolute atomic E-state index is 15.2. The van der Waals surface area contributed by atoms with Gasteiger partial charge in [0.25, 0.3) is 11.5 Å². The lowest BCUT2D eigenvalue weighted by Gasteiger charge is -2.20. The van der Waals surface area contributed by atoms with Crippen molar-refractivity contribution in [1.29, 1.82) is 0 Å². The minimum absolute atomic E-state index is 0.00782. The normalized spacial score (nSPS) is 12.2. The Bertz CT molecular complexity index is 2110. The maximum Gasteiger partial charge on any atom is 0.285 e. The van der Waals surface area contributed by atoms with E-state index in [0.29, 0.717) is 27.7 Å². The van der Waals surface area contributed by atoms with Crippen molar-refractivity contribution in [1.82, 2.24) is 29.0 Å². The summed E-state index contributed by atoms with van der Waals surface area (Å²) in [5.41, 5.74) is 2.64. The average Bonchev–Trinajstić information content (AvgIpc) is 3.36. The SMILES string of the molecule is Cc1cc([C@@H](C)Nc2ccc(Cl)nc2C(=O)NS(C)(=O)=O)c2nc(-c3ccc(Nc4cnn(C)c4)c(F)c3)n(C)c(=O)c2c1. The second kappa shape index (κ2) is 11.7. The molecule has 0 aliphatic carbocycles. The Morgan fingerprint density at radius 2 is 1.80 bits per heavy atom. The first kappa shape index (κ1) is 30.6. The van der Waals surface area contributed by atoms with E-state index in [-0.39, 0.29) is 33.6 Å². The molecule has 3 heterocycles. The summed E-state index contributed by atoms with van der Waals surface area (Å²) in [5, 5.41) is 10.6. The highest BCUT2D eigenvalue weighted by molar-refractivity contribution is 7.89. The maximum atomic E-state index is 15.2. The molecule has 15 heteroatoms. The third kappa shape index (κ3) is 6.40. The van der Waals surface area contributed by atoms with E-state index in [0.717, 1.165) is 11.8 Å². The fraction of sp³-hybridized carbons (Fsp3) is 0.207. The summed E-state index contributed by atoms with van der Waals surface area (Å²) in [5.74, 6) is -1.26. The van der Waals surface area contributed by atoms with Crippen LogP contribution in [0.3, 0.4) is 0 Å². The molecule has 5 aromatic rings. The van der Waals surface area contributed by atoms with Crippen LogP contribution in [0.25, 0.3) is 22.3 Å². The number of anilines is 3. The predicted octanol–water partition coefficient (Wildman–Crippen LogP) is 4.44. The highest BCUT2D eigenvalue weighted by Crippen LogP contribution is 2.31. The van der Waals surface area contributed by atoms with E-state index in [1.165, 1.54) is 22.8 Å². The molecule has 0 saturated heterocycles. The number of benzene rings is 2. The molecule has 0 fully saturated rings. The number of fused-ring (bicyclic) bond motifs is 1. The van der Waals surface area contributed by atoms with E-state index in [1.807, 2.05) is 17.7 Å². The van der Waals surface area contributed by atoms with Crippen molar-refractivity contribution in [3.63, 3.8) is 0 Å². The molecule has 0 radical (unpaired) electrons. The summed E-state index contributed by atoms with van der Waals surface area (Å²) in [6.45, 7) is 3.62. The van der Waals surface area contributed by atoms with E-state index in [2.05, 4.69) is 20.7 Å². The molecule has 0 unspecified atom stereocenters. The third-order valence-electron chi connectivity index (χ3n) is 6.76. The number of nitrogens with one attached hydrogen (secondary N) is 3. The van der Waals surface area contributed by atoms with Crippen LogP contribution in [0.4, 0.5) is 21.5 Å². The van der Waals surface area contributed by atoms with Gasteiger partial charge in [-0.1, -0.05) is 17.7 Å². The number of halogens is 2. The quantitative estimate of drug-likeness (QED) is 0.209. The topological polar surface area (TPSA) is 153 Å². The first-order chi connectivity index (χ1) is 20.7. The Balaban J connectivity index is 1.56. The molecule has 228 valence electrons. The second-order valence-electron chi connectivity index (χ2n) is 10.4. The number of aromatic nitrogens is 5. The van der Waals surface area contributed by atoms with Gasteiger partial charge in [0.1, 0.15) is 16.8 Å². The van der Waals surface area contributed by atoms with Crippen molar-refractivity contribution >= 4 is 55.5 Å². The van der Waals surface area contributed by atoms with Gasteiger partial charge in [-0.3, -0.25) is 18.8 Å². The van der Waals surface area contributed by atoms with Gasteiger partial charge in [-0.15, -0.1) is 0 Å². The predicted molar refractivity (Wildman–Crippen MR) is 167 cm³/mol. The van der Waals surface area contributed by atoms with Gasteiger partial charge in [-0.25, -0.2) is 27.5 Å². The Hall–Kier alpha value is -4.82. The highest BCUT2D eigenvalue weighted by Gasteiger charge is 2.22. The van der Waals surface area contributed by atoms with Gasteiger partial charge in [-0.2, -0.15) is 5.10 Å². The fourth-order valence-electron chi connectivity index (χ4n) is 4.79. The summed E-state index contributed by atoms with van der Waals surface area (Å²) in [7, 11) is -0.546. The van der Waals surface area contributed by atoms with Crippen molar-refractivity contribution in [2.45, 2.75) is 19.9 Å². The van der Waals surface area contributed by atoms with Crippen molar-refractivity contribution in [2.75, 3.05) is 16.9 Å². The van der Waals surface area contributed by atoms with Gasteiger partial charge in [0.05, 0.1) is 46.5 Å². The van der Waals surface area contributed by atoms with Crippen LogP contribution >= 0.6 is 11.6 Å². The van der Waals surface area contributed by atoms with E-state index in [4.69, 9.17) is 16.6 Å². The number of carbonyl (C=O) groups is 1. The van der Waals surface area contributed by atoms with Crippen molar-refractivity contribution in [3.05, 3.63) is 93.0 Å². The first-order valence-corrected chi connectivity index (χ1v) is 15.5. The molecule has 1 amide bonds. The van der Waals surface area contributed by atoms with Gasteiger partial charge in [0.2, 0.25) is 10.0 Å². The van der Waals surface area contributed by atoms with E-state index < -0.39 is 27.8 Å². The van der Waals surface area contributed by atoms with Gasteiger partial charge in [0.15, 0.2) is 5.69 Å². The van der Waals surface area contributed by atoms with Gasteiger partial charge in [0, 0.05) is 31.4 Å². The van der Waals surface area contributed by atoms with Crippen LogP contribution < -0.4 is 20.9 Å². The lowest BCUT2D eigenvalue weighted by Crippen LogP contribution is -2.31. The number of pyridine rings is 1. The molecule has 0 saturated carbocycles. The molecule has 3 aromatic heterocycles. The standard InChI is InChI=1S/C29H28ClFN8O4S/c1-15-10-19(16(2)33-23-8-9-24(30)35-26(23)28(40)37-44(5,42)43)25-20(11-15)29(41)39(4)27(36-25)17-6-7-22(21(31)12-17)34-18-13-32-38(3)14-18/h6-14,16,33-34H,1-5H3,(H,37,40)/t16-/m1/s1. The monoisotopic (exact) mass is 638 g/mol. The number of hydrogen-bond donors (Lipinski definition) is 3. The molecule has 1 atom stereocenters. The van der Waals surface area contributed by atoms with Gasteiger partial charge >= 0.3 is 0 Å². The Morgan fingerprint density at radius 3 is 2.45 bits per heavy atom. The molecular weight excluding hydrogens is 611 g/mol. The molecule has 0 aliphatic rings. The average molecular weight is 639 g/mol. The van der Waals surface area contributed by atoms with Crippen molar-refractivity contribution < 1.29 is 17.6 Å². The summed E-state index contributed by atoms with van der Waals surface area (Å²) >= 11 is 6.00. The van der Waals surface area contributed by atoms with Crippen LogP contribution in [0.1, 0.15) is 34.6 Å². The third-order valence-corrected chi connectivity index (χ3v) is 7.52. The van der Waals surface area contributed by atoms with Gasteiger partial charge < -0.3 is 10.6 Å². The Morgan fingerprint density at radius 1 is 1.07 bits per heavy atom. The minimum Gasteiger partial charge on any atom is -0.377 e. The van der Waals surface area contributed by atoms with E-state index in [9.17, 15) is 18.0 Å².